The minimum absolute atomic E-state index is 0.0361. The molecule has 0 bridgehead atoms. The molecule has 140 valence electrons. The van der Waals surface area contributed by atoms with Crippen molar-refractivity contribution in [3.8, 4) is 10.4 Å². The average Bonchev–Trinajstić information content (AvgIpc) is 3.17. The standard InChI is InChI=1S/C19H22N6OS/c1-20-19-21-11-16(27-19)13-3-4-15-14(9-13)10-17(24-23-15)22-18(26)12-5-7-25(2)8-6-12/h3-4,9-12H,5-8H2,1-2H3,(H,20,21)(H,22,24,26). The smallest absolute Gasteiger partial charge is 0.228 e. The molecule has 1 aliphatic heterocycles. The molecule has 0 unspecified atom stereocenters. The first kappa shape index (κ1) is 17.8. The molecule has 7 nitrogen and oxygen atoms in total. The van der Waals surface area contributed by atoms with Gasteiger partial charge in [0.1, 0.15) is 0 Å². The van der Waals surface area contributed by atoms with Gasteiger partial charge in [0.25, 0.3) is 0 Å². The molecule has 0 atom stereocenters. The van der Waals surface area contributed by atoms with Crippen LogP contribution >= 0.6 is 11.3 Å². The van der Waals surface area contributed by atoms with Gasteiger partial charge >= 0.3 is 0 Å². The van der Waals surface area contributed by atoms with Crippen LogP contribution in [0.4, 0.5) is 10.9 Å². The van der Waals surface area contributed by atoms with Crippen LogP contribution in [-0.4, -0.2) is 53.2 Å². The number of carbonyl (C=O) groups is 1. The van der Waals surface area contributed by atoms with Crippen molar-refractivity contribution in [3.05, 3.63) is 30.5 Å². The second-order valence-corrected chi connectivity index (χ2v) is 7.88. The van der Waals surface area contributed by atoms with E-state index in [4.69, 9.17) is 0 Å². The number of nitrogens with one attached hydrogen (secondary N) is 2. The van der Waals surface area contributed by atoms with Crippen molar-refractivity contribution in [1.82, 2.24) is 20.1 Å². The van der Waals surface area contributed by atoms with E-state index in [-0.39, 0.29) is 11.8 Å². The van der Waals surface area contributed by atoms with Crippen molar-refractivity contribution in [3.63, 3.8) is 0 Å². The van der Waals surface area contributed by atoms with Crippen molar-refractivity contribution < 1.29 is 4.79 Å². The number of hydrogen-bond donors (Lipinski definition) is 2. The number of hydrogen-bond acceptors (Lipinski definition) is 7. The Balaban J connectivity index is 1.54. The second-order valence-electron chi connectivity index (χ2n) is 6.85. The minimum Gasteiger partial charge on any atom is -0.365 e. The number of carbonyl (C=O) groups excluding carboxylic acids is 1. The van der Waals surface area contributed by atoms with Crippen LogP contribution < -0.4 is 10.6 Å². The van der Waals surface area contributed by atoms with Crippen LogP contribution in [0.15, 0.2) is 30.5 Å². The highest BCUT2D eigenvalue weighted by molar-refractivity contribution is 7.18. The molecular weight excluding hydrogens is 360 g/mol. The monoisotopic (exact) mass is 382 g/mol. The highest BCUT2D eigenvalue weighted by atomic mass is 32.1. The van der Waals surface area contributed by atoms with Gasteiger partial charge in [0, 0.05) is 24.5 Å². The number of fused-ring (bicyclic) bond motifs is 1. The predicted octanol–water partition coefficient (Wildman–Crippen LogP) is 3.08. The predicted molar refractivity (Wildman–Crippen MR) is 109 cm³/mol. The number of amides is 1. The van der Waals surface area contributed by atoms with Gasteiger partial charge < -0.3 is 15.5 Å². The van der Waals surface area contributed by atoms with Gasteiger partial charge in [0.05, 0.1) is 10.4 Å². The van der Waals surface area contributed by atoms with Crippen molar-refractivity contribution in [1.29, 1.82) is 0 Å². The van der Waals surface area contributed by atoms with Crippen molar-refractivity contribution in [2.75, 3.05) is 37.8 Å². The lowest BCUT2D eigenvalue weighted by Crippen LogP contribution is -2.36. The topological polar surface area (TPSA) is 83.0 Å². The Kier molecular flexibility index (Phi) is 5.00. The van der Waals surface area contributed by atoms with E-state index in [1.807, 2.05) is 31.4 Å². The van der Waals surface area contributed by atoms with E-state index >= 15 is 0 Å². The molecule has 1 amide bonds. The Bertz CT molecular complexity index is 964. The molecular formula is C19H22N6OS. The molecule has 3 aromatic rings. The molecule has 8 heteroatoms. The maximum atomic E-state index is 12.5. The molecule has 3 heterocycles. The van der Waals surface area contributed by atoms with Crippen molar-refractivity contribution in [2.45, 2.75) is 12.8 Å². The molecule has 2 aromatic heterocycles. The van der Waals surface area contributed by atoms with Gasteiger partial charge in [-0.2, -0.15) is 0 Å². The fraction of sp³-hybridized carbons (Fsp3) is 0.368. The Morgan fingerprint density at radius 2 is 2.04 bits per heavy atom. The molecule has 27 heavy (non-hydrogen) atoms. The highest BCUT2D eigenvalue weighted by Gasteiger charge is 2.23. The van der Waals surface area contributed by atoms with Gasteiger partial charge in [0.15, 0.2) is 10.9 Å². The fourth-order valence-corrected chi connectivity index (χ4v) is 4.05. The zero-order valence-corrected chi connectivity index (χ0v) is 16.2. The van der Waals surface area contributed by atoms with Gasteiger partial charge in [-0.3, -0.25) is 4.79 Å². The first-order chi connectivity index (χ1) is 13.1. The molecule has 1 saturated heterocycles. The number of aromatic nitrogens is 3. The third-order valence-electron chi connectivity index (χ3n) is 4.93. The zero-order valence-electron chi connectivity index (χ0n) is 15.4. The van der Waals surface area contributed by atoms with E-state index in [9.17, 15) is 4.79 Å². The Morgan fingerprint density at radius 1 is 1.22 bits per heavy atom. The lowest BCUT2D eigenvalue weighted by Gasteiger charge is -2.27. The molecule has 0 saturated carbocycles. The normalized spacial score (nSPS) is 15.8. The summed E-state index contributed by atoms with van der Waals surface area (Å²) in [7, 11) is 3.95. The molecule has 0 spiro atoms. The lowest BCUT2D eigenvalue weighted by molar-refractivity contribution is -0.121. The van der Waals surface area contributed by atoms with E-state index in [1.54, 1.807) is 11.3 Å². The number of rotatable bonds is 4. The quantitative estimate of drug-likeness (QED) is 0.722. The number of likely N-dealkylation sites (tertiary alicyclic amines) is 1. The first-order valence-corrected chi connectivity index (χ1v) is 9.85. The van der Waals surface area contributed by atoms with Crippen LogP contribution in [0.3, 0.4) is 0 Å². The van der Waals surface area contributed by atoms with E-state index in [0.29, 0.717) is 5.82 Å². The van der Waals surface area contributed by atoms with E-state index in [2.05, 4.69) is 43.8 Å². The molecule has 4 rings (SSSR count). The molecule has 2 N–H and O–H groups in total. The third-order valence-corrected chi connectivity index (χ3v) is 5.99. The van der Waals surface area contributed by atoms with Gasteiger partial charge in [-0.1, -0.05) is 17.4 Å². The average molecular weight is 382 g/mol. The first-order valence-electron chi connectivity index (χ1n) is 9.03. The summed E-state index contributed by atoms with van der Waals surface area (Å²) in [4.78, 5) is 20.2. The highest BCUT2D eigenvalue weighted by Crippen LogP contribution is 2.31. The number of anilines is 2. The van der Waals surface area contributed by atoms with Gasteiger partial charge in [-0.05, 0) is 56.7 Å². The van der Waals surface area contributed by atoms with Crippen LogP contribution in [0, 0.1) is 5.92 Å². The minimum atomic E-state index is 0.0361. The summed E-state index contributed by atoms with van der Waals surface area (Å²) >= 11 is 1.60. The van der Waals surface area contributed by atoms with Gasteiger partial charge in [-0.25, -0.2) is 4.98 Å². The summed E-state index contributed by atoms with van der Waals surface area (Å²) < 4.78 is 0. The Labute approximate surface area is 161 Å². The van der Waals surface area contributed by atoms with Crippen LogP contribution in [0.1, 0.15) is 12.8 Å². The van der Waals surface area contributed by atoms with Crippen LogP contribution in [-0.2, 0) is 4.79 Å². The van der Waals surface area contributed by atoms with Crippen LogP contribution in [0.5, 0.6) is 0 Å². The molecule has 1 fully saturated rings. The lowest BCUT2D eigenvalue weighted by atomic mass is 9.96. The molecule has 1 aliphatic rings. The van der Waals surface area contributed by atoms with E-state index < -0.39 is 0 Å². The number of thiazole rings is 1. The summed E-state index contributed by atoms with van der Waals surface area (Å²) in [5.74, 6) is 0.583. The summed E-state index contributed by atoms with van der Waals surface area (Å²) in [6, 6.07) is 7.90. The molecule has 0 aliphatic carbocycles. The van der Waals surface area contributed by atoms with Crippen molar-refractivity contribution in [2.24, 2.45) is 5.92 Å². The summed E-state index contributed by atoms with van der Waals surface area (Å²) in [5.41, 5.74) is 1.87. The summed E-state index contributed by atoms with van der Waals surface area (Å²) in [6.07, 6.45) is 3.62. The SMILES string of the molecule is CNc1ncc(-c2ccc3nnc(NC(=O)C4CCN(C)CC4)cc3c2)s1. The van der Waals surface area contributed by atoms with Crippen molar-refractivity contribution >= 4 is 39.1 Å². The summed E-state index contributed by atoms with van der Waals surface area (Å²) in [6.45, 7) is 1.91. The van der Waals surface area contributed by atoms with E-state index in [1.165, 1.54) is 0 Å². The summed E-state index contributed by atoms with van der Waals surface area (Å²) in [5, 5.41) is 16.2. The zero-order chi connectivity index (χ0) is 18.8. The molecule has 1 aromatic carbocycles. The third kappa shape index (κ3) is 3.91. The fourth-order valence-electron chi connectivity index (χ4n) is 3.28. The maximum Gasteiger partial charge on any atom is 0.228 e. The maximum absolute atomic E-state index is 12.5. The second kappa shape index (κ2) is 7.58. The largest absolute Gasteiger partial charge is 0.365 e. The number of benzene rings is 1. The van der Waals surface area contributed by atoms with Gasteiger partial charge in [-0.15, -0.1) is 10.2 Å². The van der Waals surface area contributed by atoms with Crippen LogP contribution in [0.25, 0.3) is 21.3 Å². The van der Waals surface area contributed by atoms with Gasteiger partial charge in [0.2, 0.25) is 5.91 Å². The van der Waals surface area contributed by atoms with E-state index in [0.717, 1.165) is 52.4 Å². The number of nitrogens with zero attached hydrogens (tertiary/aromatic N) is 4. The van der Waals surface area contributed by atoms with Crippen LogP contribution in [0.2, 0.25) is 0 Å². The number of piperidine rings is 1. The molecule has 0 radical (unpaired) electrons. The Hall–Kier alpha value is -2.58. The Morgan fingerprint density at radius 3 is 2.78 bits per heavy atom.